The molecule has 0 radical (unpaired) electrons. The maximum Gasteiger partial charge on any atom is 0.0628 e. The minimum absolute atomic E-state index is 0.559. The summed E-state index contributed by atoms with van der Waals surface area (Å²) in [7, 11) is 0. The Kier molecular flexibility index (Phi) is 8.67. The first kappa shape index (κ1) is 18.2. The van der Waals surface area contributed by atoms with Gasteiger partial charge in [0, 0.05) is 18.3 Å². The van der Waals surface area contributed by atoms with Crippen LogP contribution < -0.4 is 5.32 Å². The SMILES string of the molecule is CCCCCCCCn1nc(C)c(CCNC(C)C)c1C. The van der Waals surface area contributed by atoms with Crippen LogP contribution in [-0.4, -0.2) is 22.4 Å². The van der Waals surface area contributed by atoms with Crippen molar-refractivity contribution in [3.63, 3.8) is 0 Å². The lowest BCUT2D eigenvalue weighted by molar-refractivity contribution is 0.517. The highest BCUT2D eigenvalue weighted by molar-refractivity contribution is 5.24. The van der Waals surface area contributed by atoms with E-state index < -0.39 is 0 Å². The summed E-state index contributed by atoms with van der Waals surface area (Å²) in [4.78, 5) is 0. The Labute approximate surface area is 131 Å². The predicted molar refractivity (Wildman–Crippen MR) is 91.9 cm³/mol. The molecule has 0 aliphatic rings. The van der Waals surface area contributed by atoms with Gasteiger partial charge in [-0.15, -0.1) is 0 Å². The Morgan fingerprint density at radius 2 is 1.71 bits per heavy atom. The number of aromatic nitrogens is 2. The van der Waals surface area contributed by atoms with Crippen LogP contribution in [-0.2, 0) is 13.0 Å². The monoisotopic (exact) mass is 293 g/mol. The molecule has 0 atom stereocenters. The van der Waals surface area contributed by atoms with Crippen molar-refractivity contribution in [2.45, 2.75) is 92.2 Å². The fourth-order valence-corrected chi connectivity index (χ4v) is 2.84. The Balaban J connectivity index is 2.38. The van der Waals surface area contributed by atoms with E-state index in [-0.39, 0.29) is 0 Å². The molecule has 0 spiro atoms. The van der Waals surface area contributed by atoms with Crippen molar-refractivity contribution >= 4 is 0 Å². The molecule has 0 amide bonds. The van der Waals surface area contributed by atoms with Gasteiger partial charge in [0.25, 0.3) is 0 Å². The molecule has 21 heavy (non-hydrogen) atoms. The lowest BCUT2D eigenvalue weighted by Gasteiger charge is -2.08. The van der Waals surface area contributed by atoms with Crippen LogP contribution in [0.1, 0.15) is 76.2 Å². The van der Waals surface area contributed by atoms with Gasteiger partial charge < -0.3 is 5.32 Å². The lowest BCUT2D eigenvalue weighted by Crippen LogP contribution is -2.25. The third-order valence-corrected chi connectivity index (χ3v) is 4.18. The summed E-state index contributed by atoms with van der Waals surface area (Å²) in [5.74, 6) is 0. The van der Waals surface area contributed by atoms with Crippen molar-refractivity contribution in [2.24, 2.45) is 0 Å². The van der Waals surface area contributed by atoms with Crippen molar-refractivity contribution in [3.8, 4) is 0 Å². The summed E-state index contributed by atoms with van der Waals surface area (Å²) in [5.41, 5.74) is 4.02. The normalized spacial score (nSPS) is 11.5. The number of unbranched alkanes of at least 4 members (excludes halogenated alkanes) is 5. The van der Waals surface area contributed by atoms with Gasteiger partial charge in [-0.3, -0.25) is 4.68 Å². The topological polar surface area (TPSA) is 29.9 Å². The lowest BCUT2D eigenvalue weighted by atomic mass is 10.1. The number of aryl methyl sites for hydroxylation is 2. The Morgan fingerprint density at radius 3 is 2.38 bits per heavy atom. The van der Waals surface area contributed by atoms with Gasteiger partial charge in [0.15, 0.2) is 0 Å². The van der Waals surface area contributed by atoms with Crippen molar-refractivity contribution < 1.29 is 0 Å². The minimum atomic E-state index is 0.559. The second-order valence-electron chi connectivity index (χ2n) is 6.50. The fraction of sp³-hybridized carbons (Fsp3) is 0.833. The van der Waals surface area contributed by atoms with E-state index in [1.54, 1.807) is 0 Å². The molecule has 0 aromatic carbocycles. The van der Waals surface area contributed by atoms with Crippen molar-refractivity contribution in [2.75, 3.05) is 6.54 Å². The average molecular weight is 293 g/mol. The third-order valence-electron chi connectivity index (χ3n) is 4.18. The van der Waals surface area contributed by atoms with Crippen LogP contribution in [0.25, 0.3) is 0 Å². The Hall–Kier alpha value is -0.830. The van der Waals surface area contributed by atoms with Crippen LogP contribution in [0.5, 0.6) is 0 Å². The maximum atomic E-state index is 4.73. The second-order valence-corrected chi connectivity index (χ2v) is 6.50. The molecule has 0 aliphatic heterocycles. The predicted octanol–water partition coefficient (Wildman–Crippen LogP) is 4.40. The molecule has 0 saturated carbocycles. The molecule has 1 aromatic rings. The van der Waals surface area contributed by atoms with Crippen molar-refractivity contribution in [1.82, 2.24) is 15.1 Å². The summed E-state index contributed by atoms with van der Waals surface area (Å²) in [6.45, 7) is 13.2. The molecular weight excluding hydrogens is 258 g/mol. The summed E-state index contributed by atoms with van der Waals surface area (Å²) >= 11 is 0. The van der Waals surface area contributed by atoms with Crippen LogP contribution in [0.15, 0.2) is 0 Å². The van der Waals surface area contributed by atoms with E-state index in [9.17, 15) is 0 Å². The van der Waals surface area contributed by atoms with E-state index in [0.29, 0.717) is 6.04 Å². The number of hydrogen-bond acceptors (Lipinski definition) is 2. The maximum absolute atomic E-state index is 4.73. The van der Waals surface area contributed by atoms with E-state index >= 15 is 0 Å². The first-order valence-electron chi connectivity index (χ1n) is 8.82. The first-order chi connectivity index (χ1) is 10.1. The molecule has 1 aromatic heterocycles. The van der Waals surface area contributed by atoms with Crippen LogP contribution in [0.2, 0.25) is 0 Å². The van der Waals surface area contributed by atoms with Gasteiger partial charge in [0.1, 0.15) is 0 Å². The largest absolute Gasteiger partial charge is 0.314 e. The molecule has 122 valence electrons. The number of nitrogens with one attached hydrogen (secondary N) is 1. The fourth-order valence-electron chi connectivity index (χ4n) is 2.84. The second kappa shape index (κ2) is 9.99. The Bertz CT molecular complexity index is 393. The minimum Gasteiger partial charge on any atom is -0.314 e. The zero-order valence-corrected chi connectivity index (χ0v) is 14.8. The van der Waals surface area contributed by atoms with Gasteiger partial charge in [0.05, 0.1) is 5.69 Å². The molecule has 0 aliphatic carbocycles. The van der Waals surface area contributed by atoms with Gasteiger partial charge in [0.2, 0.25) is 0 Å². The molecule has 0 unspecified atom stereocenters. The van der Waals surface area contributed by atoms with Crippen molar-refractivity contribution in [1.29, 1.82) is 0 Å². The van der Waals surface area contributed by atoms with Gasteiger partial charge >= 0.3 is 0 Å². The highest BCUT2D eigenvalue weighted by Gasteiger charge is 2.10. The molecule has 3 nitrogen and oxygen atoms in total. The standard InChI is InChI=1S/C18H35N3/c1-6-7-8-9-10-11-14-21-17(5)18(16(4)20-21)12-13-19-15(2)3/h15,19H,6-14H2,1-5H3. The van der Waals surface area contributed by atoms with Crippen LogP contribution in [0.4, 0.5) is 0 Å². The molecule has 1 heterocycles. The number of rotatable bonds is 11. The van der Waals surface area contributed by atoms with Crippen LogP contribution >= 0.6 is 0 Å². The van der Waals surface area contributed by atoms with E-state index in [2.05, 4.69) is 44.6 Å². The van der Waals surface area contributed by atoms with E-state index in [1.165, 1.54) is 55.5 Å². The number of hydrogen-bond donors (Lipinski definition) is 1. The van der Waals surface area contributed by atoms with Gasteiger partial charge in [-0.05, 0) is 38.8 Å². The van der Waals surface area contributed by atoms with Crippen LogP contribution in [0.3, 0.4) is 0 Å². The van der Waals surface area contributed by atoms with Gasteiger partial charge in [-0.25, -0.2) is 0 Å². The first-order valence-corrected chi connectivity index (χ1v) is 8.82. The molecule has 0 bridgehead atoms. The zero-order valence-electron chi connectivity index (χ0n) is 14.8. The summed E-state index contributed by atoms with van der Waals surface area (Å²) in [6, 6.07) is 0.559. The average Bonchev–Trinajstić information content (AvgIpc) is 2.70. The highest BCUT2D eigenvalue weighted by atomic mass is 15.3. The van der Waals surface area contributed by atoms with E-state index in [4.69, 9.17) is 5.10 Å². The Morgan fingerprint density at radius 1 is 1.05 bits per heavy atom. The summed E-state index contributed by atoms with van der Waals surface area (Å²) in [6.07, 6.45) is 9.15. The summed E-state index contributed by atoms with van der Waals surface area (Å²) in [5, 5.41) is 8.22. The quantitative estimate of drug-likeness (QED) is 0.613. The molecule has 1 rings (SSSR count). The molecule has 3 heteroatoms. The highest BCUT2D eigenvalue weighted by Crippen LogP contribution is 2.15. The smallest absolute Gasteiger partial charge is 0.0628 e. The van der Waals surface area contributed by atoms with E-state index in [1.807, 2.05) is 0 Å². The molecular formula is C18H35N3. The molecule has 1 N–H and O–H groups in total. The third kappa shape index (κ3) is 6.64. The zero-order chi connectivity index (χ0) is 15.7. The van der Waals surface area contributed by atoms with Gasteiger partial charge in [-0.2, -0.15) is 5.10 Å². The summed E-state index contributed by atoms with van der Waals surface area (Å²) < 4.78 is 2.22. The van der Waals surface area contributed by atoms with Crippen LogP contribution in [0, 0.1) is 13.8 Å². The molecule has 0 saturated heterocycles. The van der Waals surface area contributed by atoms with Gasteiger partial charge in [-0.1, -0.05) is 52.9 Å². The number of nitrogens with zero attached hydrogens (tertiary/aromatic N) is 2. The van der Waals surface area contributed by atoms with E-state index in [0.717, 1.165) is 19.5 Å². The van der Waals surface area contributed by atoms with Crippen molar-refractivity contribution in [3.05, 3.63) is 17.0 Å². The molecule has 0 fully saturated rings.